The Kier molecular flexibility index (Phi) is 5.18. The van der Waals surface area contributed by atoms with E-state index >= 15 is 0 Å². The Labute approximate surface area is 55.3 Å². The second kappa shape index (κ2) is 5.54. The topological polar surface area (TPSA) is 56.0 Å². The van der Waals surface area contributed by atoms with Crippen LogP contribution in [-0.4, -0.2) is 24.3 Å². The first-order valence-corrected chi connectivity index (χ1v) is 3.05. The van der Waals surface area contributed by atoms with E-state index in [9.17, 15) is 0 Å². The molecule has 0 spiro atoms. The first-order valence-electron chi connectivity index (χ1n) is 3.05. The maximum atomic E-state index is 8.33. The van der Waals surface area contributed by atoms with E-state index in [1.165, 1.54) is 0 Å². The summed E-state index contributed by atoms with van der Waals surface area (Å²) in [5.74, 6) is 0. The normalized spacial score (nSPS) is 12.6. The monoisotopic (exact) mass is 128 g/mol. The van der Waals surface area contributed by atoms with E-state index < -0.39 is 0 Å². The van der Waals surface area contributed by atoms with E-state index in [2.05, 4.69) is 5.32 Å². The highest BCUT2D eigenvalue weighted by Crippen LogP contribution is 1.77. The Morgan fingerprint density at radius 2 is 2.44 bits per heavy atom. The molecule has 3 nitrogen and oxygen atoms in total. The first kappa shape index (κ1) is 8.41. The zero-order chi connectivity index (χ0) is 7.11. The summed E-state index contributed by atoms with van der Waals surface area (Å²) >= 11 is 0. The molecule has 0 saturated heterocycles. The molecular weight excluding hydrogens is 116 g/mol. The van der Waals surface area contributed by atoms with Crippen molar-refractivity contribution in [3.63, 3.8) is 0 Å². The van der Waals surface area contributed by atoms with Crippen LogP contribution in [0.4, 0.5) is 0 Å². The molecule has 0 fully saturated rings. The molecule has 2 N–H and O–H groups in total. The standard InChI is InChI=1S/C6H12N2O/c1-6(5-7)8-3-2-4-9/h6,8-9H,2-4H2,1H3. The second-order valence-electron chi connectivity index (χ2n) is 1.88. The van der Waals surface area contributed by atoms with Crippen LogP contribution in [0.3, 0.4) is 0 Å². The van der Waals surface area contributed by atoms with Gasteiger partial charge in [-0.2, -0.15) is 5.26 Å². The molecule has 52 valence electrons. The number of nitrogens with zero attached hydrogens (tertiary/aromatic N) is 1. The molecule has 0 heterocycles. The van der Waals surface area contributed by atoms with Crippen molar-refractivity contribution in [1.29, 1.82) is 5.26 Å². The fraction of sp³-hybridized carbons (Fsp3) is 0.833. The highest BCUT2D eigenvalue weighted by atomic mass is 16.3. The number of nitrogens with one attached hydrogen (secondary N) is 1. The number of hydrogen-bond donors (Lipinski definition) is 2. The van der Waals surface area contributed by atoms with Gasteiger partial charge in [-0.15, -0.1) is 0 Å². The van der Waals surface area contributed by atoms with Crippen LogP contribution < -0.4 is 5.32 Å². The summed E-state index contributed by atoms with van der Waals surface area (Å²) in [5.41, 5.74) is 0. The fourth-order valence-electron chi connectivity index (χ4n) is 0.443. The predicted octanol–water partition coefficient (Wildman–Crippen LogP) is -0.130. The van der Waals surface area contributed by atoms with Crippen molar-refractivity contribution < 1.29 is 5.11 Å². The number of rotatable bonds is 4. The van der Waals surface area contributed by atoms with Gasteiger partial charge in [0.25, 0.3) is 0 Å². The summed E-state index contributed by atoms with van der Waals surface area (Å²) in [5, 5.41) is 19.5. The lowest BCUT2D eigenvalue weighted by Gasteiger charge is -2.02. The minimum atomic E-state index is -0.100. The molecule has 0 aromatic carbocycles. The van der Waals surface area contributed by atoms with E-state index in [1.807, 2.05) is 6.07 Å². The van der Waals surface area contributed by atoms with Gasteiger partial charge in [0.05, 0.1) is 12.1 Å². The first-order chi connectivity index (χ1) is 4.31. The third-order valence-electron chi connectivity index (χ3n) is 0.979. The van der Waals surface area contributed by atoms with Gasteiger partial charge in [-0.05, 0) is 19.9 Å². The molecular formula is C6H12N2O. The minimum absolute atomic E-state index is 0.100. The second-order valence-corrected chi connectivity index (χ2v) is 1.88. The summed E-state index contributed by atoms with van der Waals surface area (Å²) in [4.78, 5) is 0. The zero-order valence-corrected chi connectivity index (χ0v) is 5.59. The van der Waals surface area contributed by atoms with Crippen molar-refractivity contribution in [2.24, 2.45) is 0 Å². The van der Waals surface area contributed by atoms with Crippen LogP contribution in [-0.2, 0) is 0 Å². The average molecular weight is 128 g/mol. The van der Waals surface area contributed by atoms with Gasteiger partial charge in [-0.1, -0.05) is 0 Å². The molecule has 0 amide bonds. The SMILES string of the molecule is CC(C#N)NCCCO. The Bertz CT molecular complexity index is 97.7. The summed E-state index contributed by atoms with van der Waals surface area (Å²) in [6.45, 7) is 2.69. The van der Waals surface area contributed by atoms with Crippen molar-refractivity contribution in [3.05, 3.63) is 0 Å². The fourth-order valence-corrected chi connectivity index (χ4v) is 0.443. The minimum Gasteiger partial charge on any atom is -0.396 e. The molecule has 0 aliphatic heterocycles. The average Bonchev–Trinajstić information content (AvgIpc) is 1.89. The smallest absolute Gasteiger partial charge is 0.0924 e. The molecule has 0 aliphatic rings. The maximum absolute atomic E-state index is 8.33. The Morgan fingerprint density at radius 1 is 1.78 bits per heavy atom. The van der Waals surface area contributed by atoms with Gasteiger partial charge in [0, 0.05) is 6.61 Å². The summed E-state index contributed by atoms with van der Waals surface area (Å²) in [6.07, 6.45) is 0.714. The molecule has 0 radical (unpaired) electrons. The molecule has 0 saturated carbocycles. The van der Waals surface area contributed by atoms with E-state index in [4.69, 9.17) is 10.4 Å². The van der Waals surface area contributed by atoms with Crippen molar-refractivity contribution in [3.8, 4) is 6.07 Å². The molecule has 3 heteroatoms. The van der Waals surface area contributed by atoms with Crippen molar-refractivity contribution >= 4 is 0 Å². The number of aliphatic hydroxyl groups excluding tert-OH is 1. The highest BCUT2D eigenvalue weighted by molar-refractivity contribution is 4.84. The van der Waals surface area contributed by atoms with Gasteiger partial charge in [0.1, 0.15) is 0 Å². The lowest BCUT2D eigenvalue weighted by Crippen LogP contribution is -2.25. The number of aliphatic hydroxyl groups is 1. The van der Waals surface area contributed by atoms with Crippen LogP contribution in [0.15, 0.2) is 0 Å². The third kappa shape index (κ3) is 5.28. The van der Waals surface area contributed by atoms with E-state index in [1.54, 1.807) is 6.92 Å². The van der Waals surface area contributed by atoms with Gasteiger partial charge in [0.15, 0.2) is 0 Å². The molecule has 0 rings (SSSR count). The lowest BCUT2D eigenvalue weighted by molar-refractivity contribution is 0.285. The zero-order valence-electron chi connectivity index (χ0n) is 5.59. The van der Waals surface area contributed by atoms with Gasteiger partial charge in [-0.3, -0.25) is 0 Å². The quantitative estimate of drug-likeness (QED) is 0.518. The van der Waals surface area contributed by atoms with Crippen molar-refractivity contribution in [2.45, 2.75) is 19.4 Å². The van der Waals surface area contributed by atoms with Crippen LogP contribution >= 0.6 is 0 Å². The lowest BCUT2D eigenvalue weighted by atomic mass is 10.3. The van der Waals surface area contributed by atoms with Gasteiger partial charge >= 0.3 is 0 Å². The van der Waals surface area contributed by atoms with Gasteiger partial charge in [0.2, 0.25) is 0 Å². The van der Waals surface area contributed by atoms with Crippen molar-refractivity contribution in [2.75, 3.05) is 13.2 Å². The summed E-state index contributed by atoms with van der Waals surface area (Å²) in [7, 11) is 0. The number of hydrogen-bond acceptors (Lipinski definition) is 3. The number of nitriles is 1. The predicted molar refractivity (Wildman–Crippen MR) is 34.8 cm³/mol. The molecule has 0 aromatic heterocycles. The Morgan fingerprint density at radius 3 is 2.89 bits per heavy atom. The van der Waals surface area contributed by atoms with Crippen LogP contribution in [0.2, 0.25) is 0 Å². The molecule has 9 heavy (non-hydrogen) atoms. The van der Waals surface area contributed by atoms with E-state index in [0.29, 0.717) is 13.0 Å². The van der Waals surface area contributed by atoms with Gasteiger partial charge < -0.3 is 10.4 Å². The molecule has 1 atom stereocenters. The van der Waals surface area contributed by atoms with E-state index in [-0.39, 0.29) is 12.6 Å². The van der Waals surface area contributed by atoms with Crippen molar-refractivity contribution in [1.82, 2.24) is 5.32 Å². The summed E-state index contributed by atoms with van der Waals surface area (Å²) < 4.78 is 0. The molecule has 1 unspecified atom stereocenters. The largest absolute Gasteiger partial charge is 0.396 e. The van der Waals surface area contributed by atoms with Crippen LogP contribution in [0.1, 0.15) is 13.3 Å². The van der Waals surface area contributed by atoms with Crippen LogP contribution in [0.5, 0.6) is 0 Å². The molecule has 0 bridgehead atoms. The Hall–Kier alpha value is -0.590. The molecule has 0 aliphatic carbocycles. The Balaban J connectivity index is 2.99. The highest BCUT2D eigenvalue weighted by Gasteiger charge is 1.93. The summed E-state index contributed by atoms with van der Waals surface area (Å²) in [6, 6.07) is 1.93. The third-order valence-corrected chi connectivity index (χ3v) is 0.979. The molecule has 0 aromatic rings. The maximum Gasteiger partial charge on any atom is 0.0924 e. The van der Waals surface area contributed by atoms with Crippen LogP contribution in [0, 0.1) is 11.3 Å². The van der Waals surface area contributed by atoms with Gasteiger partial charge in [-0.25, -0.2) is 0 Å². The van der Waals surface area contributed by atoms with E-state index in [0.717, 1.165) is 0 Å². The van der Waals surface area contributed by atoms with Crippen LogP contribution in [0.25, 0.3) is 0 Å².